The zero-order valence-corrected chi connectivity index (χ0v) is 13.2. The van der Waals surface area contributed by atoms with E-state index in [4.69, 9.17) is 9.72 Å². The smallest absolute Gasteiger partial charge is 0.130 e. The normalized spacial score (nSPS) is 11.2. The van der Waals surface area contributed by atoms with Crippen molar-refractivity contribution < 1.29 is 4.74 Å². The minimum Gasteiger partial charge on any atom is -0.380 e. The van der Waals surface area contributed by atoms with Crippen LogP contribution in [0.15, 0.2) is 30.3 Å². The molecular weight excluding hydrogens is 262 g/mol. The van der Waals surface area contributed by atoms with E-state index in [2.05, 4.69) is 35.3 Å². The molecule has 0 fully saturated rings. The Bertz CT molecular complexity index is 571. The molecule has 0 saturated heterocycles. The molecule has 2 rings (SSSR count). The first-order valence-corrected chi connectivity index (χ1v) is 7.65. The first-order valence-electron chi connectivity index (χ1n) is 7.65. The van der Waals surface area contributed by atoms with E-state index < -0.39 is 0 Å². The van der Waals surface area contributed by atoms with Crippen LogP contribution in [0.4, 0.5) is 5.82 Å². The molecular formula is C17H25N3O. The van der Waals surface area contributed by atoms with Crippen molar-refractivity contribution in [3.8, 4) is 0 Å². The summed E-state index contributed by atoms with van der Waals surface area (Å²) in [6, 6.07) is 10.5. The van der Waals surface area contributed by atoms with Gasteiger partial charge in [-0.3, -0.25) is 4.90 Å². The summed E-state index contributed by atoms with van der Waals surface area (Å²) in [5.41, 5.74) is 2.26. The Labute approximate surface area is 127 Å². The number of nitrogens with one attached hydrogen (secondary N) is 1. The molecule has 1 heterocycles. The molecule has 21 heavy (non-hydrogen) atoms. The summed E-state index contributed by atoms with van der Waals surface area (Å²) in [4.78, 5) is 7.09. The van der Waals surface area contributed by atoms with Gasteiger partial charge < -0.3 is 10.1 Å². The van der Waals surface area contributed by atoms with Crippen LogP contribution in [0.1, 0.15) is 19.4 Å². The molecule has 0 unspecified atom stereocenters. The van der Waals surface area contributed by atoms with Gasteiger partial charge in [0, 0.05) is 37.7 Å². The van der Waals surface area contributed by atoms with Crippen LogP contribution in [0, 0.1) is 0 Å². The monoisotopic (exact) mass is 287 g/mol. The third-order valence-electron chi connectivity index (χ3n) is 3.64. The number of benzene rings is 1. The van der Waals surface area contributed by atoms with Crippen LogP contribution >= 0.6 is 0 Å². The summed E-state index contributed by atoms with van der Waals surface area (Å²) in [5, 5.41) is 4.40. The summed E-state index contributed by atoms with van der Waals surface area (Å²) in [6.07, 6.45) is 0. The zero-order chi connectivity index (χ0) is 15.1. The topological polar surface area (TPSA) is 37.4 Å². The number of anilines is 1. The molecule has 0 atom stereocenters. The van der Waals surface area contributed by atoms with E-state index in [0.717, 1.165) is 44.2 Å². The van der Waals surface area contributed by atoms with Crippen LogP contribution in [0.3, 0.4) is 0 Å². The molecule has 1 aromatic heterocycles. The molecule has 0 spiro atoms. The second-order valence-electron chi connectivity index (χ2n) is 5.00. The van der Waals surface area contributed by atoms with Crippen molar-refractivity contribution in [3.05, 3.63) is 35.9 Å². The van der Waals surface area contributed by atoms with Gasteiger partial charge in [-0.2, -0.15) is 0 Å². The second kappa shape index (κ2) is 7.96. The summed E-state index contributed by atoms with van der Waals surface area (Å²) >= 11 is 0. The summed E-state index contributed by atoms with van der Waals surface area (Å²) in [5.74, 6) is 0.962. The lowest BCUT2D eigenvalue weighted by atomic mass is 10.1. The minimum absolute atomic E-state index is 0.775. The fourth-order valence-corrected chi connectivity index (χ4v) is 2.42. The Kier molecular flexibility index (Phi) is 5.96. The van der Waals surface area contributed by atoms with E-state index in [1.807, 2.05) is 26.1 Å². The van der Waals surface area contributed by atoms with Gasteiger partial charge in [-0.1, -0.05) is 25.1 Å². The standard InChI is InChI=1S/C17H25N3O/c1-4-20(10-11-21-5-2)13-15-12-14-8-6-7-9-16(14)19-17(15)18-3/h6-9,12H,4-5,10-11,13H2,1-3H3,(H,18,19). The van der Waals surface area contributed by atoms with Gasteiger partial charge in [-0.05, 0) is 25.6 Å². The maximum atomic E-state index is 5.46. The van der Waals surface area contributed by atoms with E-state index in [1.54, 1.807) is 0 Å². The zero-order valence-electron chi connectivity index (χ0n) is 13.2. The predicted molar refractivity (Wildman–Crippen MR) is 88.7 cm³/mol. The number of hydrogen-bond donors (Lipinski definition) is 1. The maximum absolute atomic E-state index is 5.46. The van der Waals surface area contributed by atoms with Crippen molar-refractivity contribution in [3.63, 3.8) is 0 Å². The Balaban J connectivity index is 2.18. The lowest BCUT2D eigenvalue weighted by molar-refractivity contribution is 0.113. The van der Waals surface area contributed by atoms with Crippen molar-refractivity contribution in [2.45, 2.75) is 20.4 Å². The molecule has 0 amide bonds. The number of ether oxygens (including phenoxy) is 1. The van der Waals surface area contributed by atoms with Crippen LogP contribution in [-0.4, -0.2) is 43.2 Å². The van der Waals surface area contributed by atoms with Crippen molar-refractivity contribution in [1.29, 1.82) is 0 Å². The molecule has 0 bridgehead atoms. The summed E-state index contributed by atoms with van der Waals surface area (Å²) in [6.45, 7) is 8.60. The molecule has 4 heteroatoms. The van der Waals surface area contributed by atoms with Crippen LogP contribution < -0.4 is 5.32 Å². The van der Waals surface area contributed by atoms with Gasteiger partial charge in [0.15, 0.2) is 0 Å². The van der Waals surface area contributed by atoms with E-state index in [9.17, 15) is 0 Å². The van der Waals surface area contributed by atoms with Crippen molar-refractivity contribution in [1.82, 2.24) is 9.88 Å². The SMILES string of the molecule is CCOCCN(CC)Cc1cc2ccccc2nc1NC. The Morgan fingerprint density at radius 1 is 1.24 bits per heavy atom. The quantitative estimate of drug-likeness (QED) is 0.757. The second-order valence-corrected chi connectivity index (χ2v) is 5.00. The maximum Gasteiger partial charge on any atom is 0.130 e. The van der Waals surface area contributed by atoms with E-state index in [0.29, 0.717) is 0 Å². The summed E-state index contributed by atoms with van der Waals surface area (Å²) < 4.78 is 5.46. The van der Waals surface area contributed by atoms with E-state index in [1.165, 1.54) is 10.9 Å². The third-order valence-corrected chi connectivity index (χ3v) is 3.64. The largest absolute Gasteiger partial charge is 0.380 e. The molecule has 114 valence electrons. The average Bonchev–Trinajstić information content (AvgIpc) is 2.53. The number of aromatic nitrogens is 1. The molecule has 4 nitrogen and oxygen atoms in total. The number of pyridine rings is 1. The highest BCUT2D eigenvalue weighted by atomic mass is 16.5. The fraction of sp³-hybridized carbons (Fsp3) is 0.471. The van der Waals surface area contributed by atoms with Gasteiger partial charge in [0.1, 0.15) is 5.82 Å². The molecule has 0 radical (unpaired) electrons. The van der Waals surface area contributed by atoms with Crippen LogP contribution in [-0.2, 0) is 11.3 Å². The number of para-hydroxylation sites is 1. The Morgan fingerprint density at radius 2 is 2.05 bits per heavy atom. The van der Waals surface area contributed by atoms with Crippen molar-refractivity contribution >= 4 is 16.7 Å². The van der Waals surface area contributed by atoms with Crippen LogP contribution in [0.25, 0.3) is 10.9 Å². The fourth-order valence-electron chi connectivity index (χ4n) is 2.42. The minimum atomic E-state index is 0.775. The number of nitrogens with zero attached hydrogens (tertiary/aromatic N) is 2. The van der Waals surface area contributed by atoms with Gasteiger partial charge in [0.25, 0.3) is 0 Å². The summed E-state index contributed by atoms with van der Waals surface area (Å²) in [7, 11) is 1.93. The van der Waals surface area contributed by atoms with Gasteiger partial charge in [0.05, 0.1) is 12.1 Å². The van der Waals surface area contributed by atoms with Crippen LogP contribution in [0.5, 0.6) is 0 Å². The Morgan fingerprint density at radius 3 is 2.76 bits per heavy atom. The highest BCUT2D eigenvalue weighted by Crippen LogP contribution is 2.21. The number of hydrogen-bond acceptors (Lipinski definition) is 4. The van der Waals surface area contributed by atoms with Gasteiger partial charge in [-0.25, -0.2) is 4.98 Å². The molecule has 1 N–H and O–H groups in total. The van der Waals surface area contributed by atoms with Gasteiger partial charge in [0.2, 0.25) is 0 Å². The van der Waals surface area contributed by atoms with E-state index in [-0.39, 0.29) is 0 Å². The lowest BCUT2D eigenvalue weighted by Crippen LogP contribution is -2.27. The molecule has 0 aliphatic rings. The molecule has 0 saturated carbocycles. The first-order chi connectivity index (χ1) is 10.3. The Hall–Kier alpha value is -1.65. The average molecular weight is 287 g/mol. The highest BCUT2D eigenvalue weighted by Gasteiger charge is 2.10. The van der Waals surface area contributed by atoms with Crippen molar-refractivity contribution in [2.24, 2.45) is 0 Å². The number of likely N-dealkylation sites (N-methyl/N-ethyl adjacent to an activating group) is 1. The van der Waals surface area contributed by atoms with Crippen molar-refractivity contribution in [2.75, 3.05) is 38.7 Å². The van der Waals surface area contributed by atoms with E-state index >= 15 is 0 Å². The highest BCUT2D eigenvalue weighted by molar-refractivity contribution is 5.81. The number of rotatable bonds is 8. The van der Waals surface area contributed by atoms with Gasteiger partial charge in [-0.15, -0.1) is 0 Å². The lowest BCUT2D eigenvalue weighted by Gasteiger charge is -2.21. The predicted octanol–water partition coefficient (Wildman–Crippen LogP) is 3.13. The molecule has 1 aromatic carbocycles. The van der Waals surface area contributed by atoms with Gasteiger partial charge >= 0.3 is 0 Å². The number of fused-ring (bicyclic) bond motifs is 1. The third kappa shape index (κ3) is 4.16. The first kappa shape index (κ1) is 15.7. The molecule has 0 aliphatic carbocycles. The van der Waals surface area contributed by atoms with Crippen LogP contribution in [0.2, 0.25) is 0 Å². The molecule has 0 aliphatic heterocycles. The molecule has 2 aromatic rings.